The first-order chi connectivity index (χ1) is 29.4. The largest absolute Gasteiger partial charge is 0.488 e. The molecule has 6 rings (SSSR count). The normalized spacial score (nSPS) is 12.1. The number of benzene rings is 4. The third-order valence-corrected chi connectivity index (χ3v) is 10.4. The number of pyridine rings is 2. The highest BCUT2D eigenvalue weighted by atomic mass is 35.5. The average Bonchev–Trinajstić information content (AvgIpc) is 3.23. The number of hydrogen-bond acceptors (Lipinski definition) is 11. The summed E-state index contributed by atoms with van der Waals surface area (Å²) in [6.07, 6.45) is 0.343. The lowest BCUT2D eigenvalue weighted by atomic mass is 9.90. The number of fused-ring (bicyclic) bond motifs is 1. The number of nitrogens with one attached hydrogen (secondary N) is 2. The van der Waals surface area contributed by atoms with Gasteiger partial charge in [-0.05, 0) is 77.6 Å². The number of aliphatic hydroxyl groups is 2. The quantitative estimate of drug-likeness (QED) is 0.0454. The molecule has 2 heterocycles. The molecule has 0 amide bonds. The summed E-state index contributed by atoms with van der Waals surface area (Å²) in [6, 6.07) is 29.4. The van der Waals surface area contributed by atoms with Gasteiger partial charge >= 0.3 is 11.9 Å². The maximum atomic E-state index is 11.0. The van der Waals surface area contributed by atoms with E-state index in [2.05, 4.69) is 53.7 Å². The summed E-state index contributed by atoms with van der Waals surface area (Å²) >= 11 is 6.77. The molecule has 0 aliphatic carbocycles. The number of halogens is 1. The zero-order valence-corrected chi connectivity index (χ0v) is 34.4. The highest BCUT2D eigenvalue weighted by Crippen LogP contribution is 2.37. The molecular weight excluding hydrogens is 798 g/mol. The van der Waals surface area contributed by atoms with Crippen LogP contribution < -0.4 is 20.1 Å². The Morgan fingerprint density at radius 2 is 1.41 bits per heavy atom. The monoisotopic (exact) mass is 843 g/mol. The van der Waals surface area contributed by atoms with Crippen molar-refractivity contribution in [3.63, 3.8) is 0 Å². The molecule has 314 valence electrons. The Labute approximate surface area is 358 Å². The molecule has 0 bridgehead atoms. The Bertz CT molecular complexity index is 2580. The minimum absolute atomic E-state index is 0.0415. The van der Waals surface area contributed by atoms with Crippen LogP contribution >= 0.6 is 11.6 Å². The first kappa shape index (κ1) is 44.2. The molecule has 6 N–H and O–H groups in total. The van der Waals surface area contributed by atoms with Gasteiger partial charge in [0, 0.05) is 66.7 Å². The molecule has 4 aromatic carbocycles. The molecule has 13 nitrogen and oxygen atoms in total. The van der Waals surface area contributed by atoms with E-state index in [1.54, 1.807) is 24.4 Å². The Balaban J connectivity index is 1.19. The van der Waals surface area contributed by atoms with Crippen molar-refractivity contribution in [1.29, 1.82) is 5.26 Å². The number of hydrogen-bond donors (Lipinski definition) is 6. The summed E-state index contributed by atoms with van der Waals surface area (Å²) in [7, 11) is 0. The maximum absolute atomic E-state index is 11.0. The number of aromatic nitrogens is 2. The first-order valence-corrected chi connectivity index (χ1v) is 20.0. The SMILES string of the molecule is Cc1c(COc2cc(OCc3cncc(C#N)c3)c(CNC[C@@H](O)CC(=O)O)cc2Cl)cccc1-c1cccc(-c2ccc3cc(CNC[C@@H](O)CC(=O)O)ccc3n2)c1C. The zero-order chi connectivity index (χ0) is 43.5. The Morgan fingerprint density at radius 3 is 2.13 bits per heavy atom. The highest BCUT2D eigenvalue weighted by molar-refractivity contribution is 6.32. The Hall–Kier alpha value is -6.40. The van der Waals surface area contributed by atoms with Gasteiger partial charge in [0.15, 0.2) is 0 Å². The van der Waals surface area contributed by atoms with E-state index in [-0.39, 0.29) is 39.3 Å². The summed E-state index contributed by atoms with van der Waals surface area (Å²) < 4.78 is 12.5. The number of aliphatic hydroxyl groups excluding tert-OH is 2. The van der Waals surface area contributed by atoms with Gasteiger partial charge in [-0.1, -0.05) is 60.1 Å². The van der Waals surface area contributed by atoms with E-state index in [1.165, 1.54) is 6.20 Å². The van der Waals surface area contributed by atoms with E-state index in [9.17, 15) is 25.1 Å². The van der Waals surface area contributed by atoms with E-state index in [4.69, 9.17) is 36.3 Å². The average molecular weight is 844 g/mol. The standard InChI is InChI=1S/C47H46ClN5O8/c1-28-34(27-61-45-18-44(60-26-32-13-31(19-49)21-50-22-32)35(15-41(45)48)23-52-25-37(55)17-47(58)59)5-3-6-38(28)39-7-4-8-40(29(39)2)43-12-10-33-14-30(9-11-42(33)53-43)20-51-24-36(54)16-46(56)57/h3-15,18,21-22,36-37,51-52,54-55H,16-17,20,23-27H2,1-2H3,(H,56,57)(H,58,59)/t36-,37-/m0/s1. The van der Waals surface area contributed by atoms with Crippen LogP contribution in [0.5, 0.6) is 11.5 Å². The third-order valence-electron chi connectivity index (χ3n) is 10.1. The molecule has 0 spiro atoms. The summed E-state index contributed by atoms with van der Waals surface area (Å²) in [6.45, 7) is 5.38. The Kier molecular flexibility index (Phi) is 15.0. The topological polar surface area (TPSA) is 207 Å². The van der Waals surface area contributed by atoms with Crippen molar-refractivity contribution in [2.75, 3.05) is 13.1 Å². The number of rotatable bonds is 20. The van der Waals surface area contributed by atoms with E-state index in [0.29, 0.717) is 39.8 Å². The molecule has 0 saturated carbocycles. The van der Waals surface area contributed by atoms with Gasteiger partial charge in [0.2, 0.25) is 0 Å². The van der Waals surface area contributed by atoms with E-state index >= 15 is 0 Å². The van der Waals surface area contributed by atoms with E-state index in [0.717, 1.165) is 55.5 Å². The molecule has 0 aliphatic heterocycles. The van der Waals surface area contributed by atoms with Crippen LogP contribution in [-0.4, -0.2) is 67.6 Å². The van der Waals surface area contributed by atoms with Crippen LogP contribution in [0.25, 0.3) is 33.3 Å². The Morgan fingerprint density at radius 1 is 0.738 bits per heavy atom. The third kappa shape index (κ3) is 11.9. The molecule has 2 aromatic heterocycles. The molecule has 0 aliphatic rings. The lowest BCUT2D eigenvalue weighted by molar-refractivity contribution is -0.140. The van der Waals surface area contributed by atoms with Crippen LogP contribution in [0, 0.1) is 25.2 Å². The van der Waals surface area contributed by atoms with E-state index < -0.39 is 30.6 Å². The second-order valence-electron chi connectivity index (χ2n) is 14.7. The van der Waals surface area contributed by atoms with Crippen molar-refractivity contribution in [2.24, 2.45) is 0 Å². The van der Waals surface area contributed by atoms with Crippen LogP contribution in [0.4, 0.5) is 0 Å². The lowest BCUT2D eigenvalue weighted by Crippen LogP contribution is -2.28. The van der Waals surface area contributed by atoms with Gasteiger partial charge in [0.1, 0.15) is 30.8 Å². The van der Waals surface area contributed by atoms with Crippen LogP contribution in [0.15, 0.2) is 97.3 Å². The second-order valence-corrected chi connectivity index (χ2v) is 15.1. The van der Waals surface area contributed by atoms with Crippen molar-refractivity contribution in [1.82, 2.24) is 20.6 Å². The van der Waals surface area contributed by atoms with Gasteiger partial charge in [0.25, 0.3) is 0 Å². The molecule has 2 atom stereocenters. The second kappa shape index (κ2) is 20.7. The van der Waals surface area contributed by atoms with Gasteiger partial charge in [-0.25, -0.2) is 4.98 Å². The van der Waals surface area contributed by atoms with Crippen LogP contribution in [0.2, 0.25) is 5.02 Å². The zero-order valence-electron chi connectivity index (χ0n) is 33.7. The van der Waals surface area contributed by atoms with Crippen molar-refractivity contribution >= 4 is 34.4 Å². The molecule has 6 aromatic rings. The fourth-order valence-electron chi connectivity index (χ4n) is 6.98. The van der Waals surface area contributed by atoms with Crippen molar-refractivity contribution < 1.29 is 39.5 Å². The minimum atomic E-state index is -1.10. The van der Waals surface area contributed by atoms with Crippen LogP contribution in [0.3, 0.4) is 0 Å². The predicted molar refractivity (Wildman–Crippen MR) is 231 cm³/mol. The predicted octanol–water partition coefficient (Wildman–Crippen LogP) is 7.11. The molecular formula is C47H46ClN5O8. The molecule has 0 radical (unpaired) electrons. The van der Waals surface area contributed by atoms with Crippen molar-refractivity contribution in [3.8, 4) is 40.0 Å². The number of ether oxygens (including phenoxy) is 2. The molecule has 0 unspecified atom stereocenters. The summed E-state index contributed by atoms with van der Waals surface area (Å²) in [5.74, 6) is -1.30. The number of aliphatic carboxylic acids is 2. The number of carboxylic acid groups (broad SMARTS) is 2. The number of nitriles is 1. The van der Waals surface area contributed by atoms with Crippen LogP contribution in [0.1, 0.15) is 51.8 Å². The molecule has 0 fully saturated rings. The number of carboxylic acids is 2. The minimum Gasteiger partial charge on any atom is -0.488 e. The van der Waals surface area contributed by atoms with Gasteiger partial charge in [-0.15, -0.1) is 0 Å². The summed E-state index contributed by atoms with van der Waals surface area (Å²) in [5.41, 5.74) is 10.6. The van der Waals surface area contributed by atoms with E-state index in [1.807, 2.05) is 48.5 Å². The van der Waals surface area contributed by atoms with Crippen molar-refractivity contribution in [3.05, 3.63) is 141 Å². The van der Waals surface area contributed by atoms with Gasteiger partial charge < -0.3 is 40.5 Å². The molecule has 14 heteroatoms. The fourth-order valence-corrected chi connectivity index (χ4v) is 7.22. The molecule has 0 saturated heterocycles. The fraction of sp³-hybridized carbons (Fsp3) is 0.255. The van der Waals surface area contributed by atoms with Crippen molar-refractivity contribution in [2.45, 2.75) is 65.2 Å². The number of carbonyl (C=O) groups is 2. The first-order valence-electron chi connectivity index (χ1n) is 19.6. The lowest BCUT2D eigenvalue weighted by Gasteiger charge is -2.18. The highest BCUT2D eigenvalue weighted by Gasteiger charge is 2.17. The van der Waals surface area contributed by atoms with Gasteiger partial charge in [-0.3, -0.25) is 14.6 Å². The van der Waals surface area contributed by atoms with Gasteiger partial charge in [0.05, 0.1) is 46.8 Å². The smallest absolute Gasteiger partial charge is 0.306 e. The van der Waals surface area contributed by atoms with Gasteiger partial charge in [-0.2, -0.15) is 5.26 Å². The maximum Gasteiger partial charge on any atom is 0.306 e. The summed E-state index contributed by atoms with van der Waals surface area (Å²) in [4.78, 5) is 31.0. The number of nitrogens with zero attached hydrogens (tertiary/aromatic N) is 3. The summed E-state index contributed by atoms with van der Waals surface area (Å²) in [5, 5.41) is 54.6. The molecule has 61 heavy (non-hydrogen) atoms. The van der Waals surface area contributed by atoms with Crippen LogP contribution in [-0.2, 0) is 35.9 Å².